The van der Waals surface area contributed by atoms with Gasteiger partial charge in [0.25, 0.3) is 5.91 Å². The number of hydrogen-bond donors (Lipinski definition) is 2. The SMILES string of the molecule is CN(C)c1cccc(NC(=O)CCNC(=O)c2cc(F)ccc2Br)n1. The van der Waals surface area contributed by atoms with Crippen LogP contribution < -0.4 is 15.5 Å². The average molecular weight is 409 g/mol. The van der Waals surface area contributed by atoms with Crippen LogP contribution in [0.1, 0.15) is 16.8 Å². The second kappa shape index (κ2) is 8.57. The lowest BCUT2D eigenvalue weighted by atomic mass is 10.2. The zero-order valence-corrected chi connectivity index (χ0v) is 15.4. The second-order valence-corrected chi connectivity index (χ2v) is 6.31. The molecule has 2 amide bonds. The van der Waals surface area contributed by atoms with Crippen molar-refractivity contribution in [1.82, 2.24) is 10.3 Å². The summed E-state index contributed by atoms with van der Waals surface area (Å²) in [6, 6.07) is 9.15. The van der Waals surface area contributed by atoms with Crippen LogP contribution in [0.4, 0.5) is 16.0 Å². The van der Waals surface area contributed by atoms with Crippen LogP contribution in [0.2, 0.25) is 0 Å². The Hall–Kier alpha value is -2.48. The van der Waals surface area contributed by atoms with Crippen LogP contribution in [0.3, 0.4) is 0 Å². The topological polar surface area (TPSA) is 74.3 Å². The summed E-state index contributed by atoms with van der Waals surface area (Å²) in [5, 5.41) is 5.26. The maximum absolute atomic E-state index is 13.2. The van der Waals surface area contributed by atoms with Gasteiger partial charge in [-0.1, -0.05) is 6.07 Å². The second-order valence-electron chi connectivity index (χ2n) is 5.45. The molecule has 0 aliphatic rings. The molecule has 8 heteroatoms. The highest BCUT2D eigenvalue weighted by molar-refractivity contribution is 9.10. The highest BCUT2D eigenvalue weighted by Crippen LogP contribution is 2.17. The molecule has 2 aromatic rings. The number of amides is 2. The van der Waals surface area contributed by atoms with E-state index in [0.29, 0.717) is 10.3 Å². The Kier molecular flexibility index (Phi) is 6.46. The van der Waals surface area contributed by atoms with Crippen LogP contribution in [0.25, 0.3) is 0 Å². The molecule has 0 radical (unpaired) electrons. The number of nitrogens with one attached hydrogen (secondary N) is 2. The Labute approximate surface area is 153 Å². The van der Waals surface area contributed by atoms with E-state index in [1.807, 2.05) is 25.1 Å². The third kappa shape index (κ3) is 5.53. The van der Waals surface area contributed by atoms with Gasteiger partial charge in [-0.2, -0.15) is 0 Å². The summed E-state index contributed by atoms with van der Waals surface area (Å²) in [4.78, 5) is 30.1. The van der Waals surface area contributed by atoms with Crippen LogP contribution in [-0.2, 0) is 4.79 Å². The smallest absolute Gasteiger partial charge is 0.252 e. The van der Waals surface area contributed by atoms with Crippen molar-refractivity contribution in [3.63, 3.8) is 0 Å². The first kappa shape index (κ1) is 18.9. The summed E-state index contributed by atoms with van der Waals surface area (Å²) in [5.74, 6) is -0.0654. The zero-order valence-electron chi connectivity index (χ0n) is 13.8. The largest absolute Gasteiger partial charge is 0.363 e. The fraction of sp³-hybridized carbons (Fsp3) is 0.235. The molecule has 2 rings (SSSR count). The minimum atomic E-state index is -0.502. The first-order valence-corrected chi connectivity index (χ1v) is 8.33. The molecule has 1 aromatic carbocycles. The molecule has 0 spiro atoms. The highest BCUT2D eigenvalue weighted by atomic mass is 79.9. The van der Waals surface area contributed by atoms with E-state index < -0.39 is 11.7 Å². The molecular formula is C17H18BrFN4O2. The summed E-state index contributed by atoms with van der Waals surface area (Å²) in [6.07, 6.45) is 0.0759. The van der Waals surface area contributed by atoms with E-state index in [9.17, 15) is 14.0 Å². The molecule has 6 nitrogen and oxygen atoms in total. The number of hydrogen-bond acceptors (Lipinski definition) is 4. The van der Waals surface area contributed by atoms with E-state index in [1.165, 1.54) is 12.1 Å². The fourth-order valence-electron chi connectivity index (χ4n) is 2.00. The lowest BCUT2D eigenvalue weighted by Crippen LogP contribution is -2.28. The number of aromatic nitrogens is 1. The maximum atomic E-state index is 13.2. The van der Waals surface area contributed by atoms with Crippen molar-refractivity contribution in [1.29, 1.82) is 0 Å². The quantitative estimate of drug-likeness (QED) is 0.770. The molecule has 132 valence electrons. The highest BCUT2D eigenvalue weighted by Gasteiger charge is 2.12. The summed E-state index contributed by atoms with van der Waals surface area (Å²) in [7, 11) is 3.71. The zero-order chi connectivity index (χ0) is 18.4. The standard InChI is InChI=1S/C17H18BrFN4O2/c1-23(2)15-5-3-4-14(21-15)22-16(24)8-9-20-17(25)12-10-11(19)6-7-13(12)18/h3-7,10H,8-9H2,1-2H3,(H,20,25)(H,21,22,24). The molecule has 0 fully saturated rings. The molecule has 25 heavy (non-hydrogen) atoms. The van der Waals surface area contributed by atoms with Crippen LogP contribution >= 0.6 is 15.9 Å². The van der Waals surface area contributed by atoms with Gasteiger partial charge in [-0.15, -0.1) is 0 Å². The lowest BCUT2D eigenvalue weighted by Gasteiger charge is -2.12. The van der Waals surface area contributed by atoms with Gasteiger partial charge in [0, 0.05) is 31.5 Å². The number of benzene rings is 1. The van der Waals surface area contributed by atoms with Gasteiger partial charge in [-0.3, -0.25) is 9.59 Å². The molecule has 0 aliphatic heterocycles. The van der Waals surface area contributed by atoms with E-state index >= 15 is 0 Å². The lowest BCUT2D eigenvalue weighted by molar-refractivity contribution is -0.116. The molecule has 0 atom stereocenters. The monoisotopic (exact) mass is 408 g/mol. The third-order valence-corrected chi connectivity index (χ3v) is 3.96. The van der Waals surface area contributed by atoms with Crippen LogP contribution in [0.15, 0.2) is 40.9 Å². The van der Waals surface area contributed by atoms with Gasteiger partial charge in [-0.05, 0) is 46.3 Å². The first-order valence-electron chi connectivity index (χ1n) is 7.54. The summed E-state index contributed by atoms with van der Waals surface area (Å²) >= 11 is 3.20. The van der Waals surface area contributed by atoms with Crippen molar-refractivity contribution in [3.05, 3.63) is 52.3 Å². The number of halogens is 2. The molecule has 0 aliphatic carbocycles. The predicted octanol–water partition coefficient (Wildman–Crippen LogP) is 2.81. The van der Waals surface area contributed by atoms with Crippen molar-refractivity contribution in [2.75, 3.05) is 30.9 Å². The summed E-state index contributed by atoms with van der Waals surface area (Å²) < 4.78 is 13.7. The molecule has 0 unspecified atom stereocenters. The number of carbonyl (C=O) groups excluding carboxylic acids is 2. The van der Waals surface area contributed by atoms with E-state index in [1.54, 1.807) is 12.1 Å². The number of carbonyl (C=O) groups is 2. The molecular weight excluding hydrogens is 391 g/mol. The number of anilines is 2. The number of rotatable bonds is 6. The van der Waals surface area contributed by atoms with Crippen molar-refractivity contribution >= 4 is 39.4 Å². The maximum Gasteiger partial charge on any atom is 0.252 e. The van der Waals surface area contributed by atoms with Gasteiger partial charge in [0.1, 0.15) is 17.5 Å². The summed E-state index contributed by atoms with van der Waals surface area (Å²) in [5.41, 5.74) is 0.181. The summed E-state index contributed by atoms with van der Waals surface area (Å²) in [6.45, 7) is 0.126. The van der Waals surface area contributed by atoms with Crippen LogP contribution in [0, 0.1) is 5.82 Å². The molecule has 0 saturated heterocycles. The van der Waals surface area contributed by atoms with Crippen molar-refractivity contribution < 1.29 is 14.0 Å². The van der Waals surface area contributed by atoms with Crippen LogP contribution in [-0.4, -0.2) is 37.4 Å². The minimum absolute atomic E-state index is 0.0759. The Morgan fingerprint density at radius 2 is 2.00 bits per heavy atom. The number of pyridine rings is 1. The Balaban J connectivity index is 1.85. The van der Waals surface area contributed by atoms with Gasteiger partial charge in [0.15, 0.2) is 0 Å². The van der Waals surface area contributed by atoms with Gasteiger partial charge in [0.2, 0.25) is 5.91 Å². The normalized spacial score (nSPS) is 10.2. The van der Waals surface area contributed by atoms with Crippen LogP contribution in [0.5, 0.6) is 0 Å². The Morgan fingerprint density at radius 3 is 2.72 bits per heavy atom. The van der Waals surface area contributed by atoms with Gasteiger partial charge >= 0.3 is 0 Å². The van der Waals surface area contributed by atoms with Gasteiger partial charge in [0.05, 0.1) is 5.56 Å². The Morgan fingerprint density at radius 1 is 1.24 bits per heavy atom. The van der Waals surface area contributed by atoms with Crippen molar-refractivity contribution in [3.8, 4) is 0 Å². The van der Waals surface area contributed by atoms with E-state index in [4.69, 9.17) is 0 Å². The first-order chi connectivity index (χ1) is 11.9. The van der Waals surface area contributed by atoms with Crippen molar-refractivity contribution in [2.45, 2.75) is 6.42 Å². The van der Waals surface area contributed by atoms with Gasteiger partial charge in [-0.25, -0.2) is 9.37 Å². The number of nitrogens with zero attached hydrogens (tertiary/aromatic N) is 2. The molecule has 0 saturated carbocycles. The van der Waals surface area contributed by atoms with E-state index in [-0.39, 0.29) is 24.4 Å². The van der Waals surface area contributed by atoms with E-state index in [0.717, 1.165) is 11.9 Å². The molecule has 1 aromatic heterocycles. The predicted molar refractivity (Wildman–Crippen MR) is 98.2 cm³/mol. The average Bonchev–Trinajstić information content (AvgIpc) is 2.57. The fourth-order valence-corrected chi connectivity index (χ4v) is 2.43. The molecule has 2 N–H and O–H groups in total. The minimum Gasteiger partial charge on any atom is -0.363 e. The molecule has 1 heterocycles. The molecule has 0 bridgehead atoms. The third-order valence-electron chi connectivity index (χ3n) is 3.27. The van der Waals surface area contributed by atoms with Gasteiger partial charge < -0.3 is 15.5 Å². The van der Waals surface area contributed by atoms with Crippen molar-refractivity contribution in [2.24, 2.45) is 0 Å². The Bertz CT molecular complexity index is 783. The van der Waals surface area contributed by atoms with E-state index in [2.05, 4.69) is 31.5 Å².